The molecule has 8 heteroatoms. The van der Waals surface area contributed by atoms with Gasteiger partial charge in [-0.2, -0.15) is 13.2 Å². The number of halogens is 3. The second-order valence-corrected chi connectivity index (χ2v) is 2.69. The molecule has 0 amide bonds. The van der Waals surface area contributed by atoms with Gasteiger partial charge in [0.15, 0.2) is 5.69 Å². The fraction of sp³-hybridized carbons (Fsp3) is 0.571. The number of carbonyl (C=O) groups is 1. The molecule has 1 rings (SSSR count). The molecule has 0 aromatic carbocycles. The largest absolute Gasteiger partial charge is 0.456 e. The third kappa shape index (κ3) is 3.01. The molecule has 0 atom stereocenters. The summed E-state index contributed by atoms with van der Waals surface area (Å²) in [6.07, 6.45) is -3.98. The first kappa shape index (κ1) is 11.6. The number of rotatable bonds is 4. The number of aromatic nitrogens is 3. The Balaban J connectivity index is 2.72. The lowest BCUT2D eigenvalue weighted by molar-refractivity contribution is -0.0888. The smallest absolute Gasteiger partial charge is 0.383 e. The van der Waals surface area contributed by atoms with Crippen LogP contribution in [0, 0.1) is 0 Å². The molecule has 0 N–H and O–H groups in total. The molecule has 0 unspecified atom stereocenters. The number of ketones is 1. The quantitative estimate of drug-likeness (QED) is 0.704. The molecule has 15 heavy (non-hydrogen) atoms. The normalized spacial score (nSPS) is 11.7. The molecule has 0 saturated carbocycles. The van der Waals surface area contributed by atoms with E-state index in [1.807, 2.05) is 0 Å². The summed E-state index contributed by atoms with van der Waals surface area (Å²) in [5.74, 6) is -1.99. The first-order chi connectivity index (χ1) is 6.95. The number of ether oxygens (including phenoxy) is 1. The lowest BCUT2D eigenvalue weighted by atomic mass is 10.3. The highest BCUT2D eigenvalue weighted by molar-refractivity contribution is 5.98. The van der Waals surface area contributed by atoms with Crippen LogP contribution in [0.2, 0.25) is 0 Å². The van der Waals surface area contributed by atoms with Gasteiger partial charge in [0.1, 0.15) is 0 Å². The van der Waals surface area contributed by atoms with Gasteiger partial charge < -0.3 is 4.74 Å². The average Bonchev–Trinajstić information content (AvgIpc) is 2.60. The SMILES string of the molecule is COCCn1cc(C(=O)C(F)(F)F)nn1. The number of nitrogens with zero attached hydrogens (tertiary/aromatic N) is 3. The number of Topliss-reactive ketones (excluding diaryl/α,β-unsaturated/α-hetero) is 1. The highest BCUT2D eigenvalue weighted by Gasteiger charge is 2.41. The Bertz CT molecular complexity index is 347. The summed E-state index contributed by atoms with van der Waals surface area (Å²) in [6.45, 7) is 0.525. The van der Waals surface area contributed by atoms with Crippen molar-refractivity contribution in [3.63, 3.8) is 0 Å². The summed E-state index contributed by atoms with van der Waals surface area (Å²) < 4.78 is 41.6. The molecule has 1 aromatic heterocycles. The van der Waals surface area contributed by atoms with Crippen molar-refractivity contribution in [3.05, 3.63) is 11.9 Å². The summed E-state index contributed by atoms with van der Waals surface area (Å²) in [7, 11) is 1.44. The number of hydrogen-bond donors (Lipinski definition) is 0. The van der Waals surface area contributed by atoms with Gasteiger partial charge in [-0.15, -0.1) is 5.10 Å². The molecule has 1 aromatic rings. The Labute approximate surface area is 82.8 Å². The Kier molecular flexibility index (Phi) is 3.40. The molecule has 84 valence electrons. The summed E-state index contributed by atoms with van der Waals surface area (Å²) in [6, 6.07) is 0. The van der Waals surface area contributed by atoms with Gasteiger partial charge in [0.2, 0.25) is 0 Å². The van der Waals surface area contributed by atoms with Crippen LogP contribution < -0.4 is 0 Å². The lowest BCUT2D eigenvalue weighted by Gasteiger charge is -2.00. The molecular weight excluding hydrogens is 215 g/mol. The van der Waals surface area contributed by atoms with Crippen molar-refractivity contribution in [2.24, 2.45) is 0 Å². The summed E-state index contributed by atoms with van der Waals surface area (Å²) in [4.78, 5) is 10.7. The topological polar surface area (TPSA) is 57.0 Å². The molecule has 1 heterocycles. The summed E-state index contributed by atoms with van der Waals surface area (Å²) >= 11 is 0. The van der Waals surface area contributed by atoms with E-state index in [0.29, 0.717) is 0 Å². The average molecular weight is 223 g/mol. The van der Waals surface area contributed by atoms with Crippen LogP contribution in [0.25, 0.3) is 0 Å². The molecule has 0 radical (unpaired) electrons. The van der Waals surface area contributed by atoms with Crippen molar-refractivity contribution in [1.29, 1.82) is 0 Å². The van der Waals surface area contributed by atoms with Crippen molar-refractivity contribution in [3.8, 4) is 0 Å². The van der Waals surface area contributed by atoms with E-state index in [1.165, 1.54) is 7.11 Å². The molecule has 0 aliphatic rings. The predicted octanol–water partition coefficient (Wildman–Crippen LogP) is 0.669. The monoisotopic (exact) mass is 223 g/mol. The summed E-state index contributed by atoms with van der Waals surface area (Å²) in [5, 5.41) is 6.48. The minimum atomic E-state index is -4.91. The lowest BCUT2D eigenvalue weighted by Crippen LogP contribution is -2.23. The molecule has 0 fully saturated rings. The van der Waals surface area contributed by atoms with Crippen molar-refractivity contribution in [2.45, 2.75) is 12.7 Å². The number of hydrogen-bond acceptors (Lipinski definition) is 4. The molecule has 0 aliphatic heterocycles. The summed E-state index contributed by atoms with van der Waals surface area (Å²) in [5.41, 5.74) is -0.710. The van der Waals surface area contributed by atoms with Gasteiger partial charge in [-0.1, -0.05) is 5.21 Å². The fourth-order valence-corrected chi connectivity index (χ4v) is 0.842. The fourth-order valence-electron chi connectivity index (χ4n) is 0.842. The van der Waals surface area contributed by atoms with E-state index in [1.54, 1.807) is 0 Å². The minimum Gasteiger partial charge on any atom is -0.383 e. The molecule has 0 aliphatic carbocycles. The Morgan fingerprint density at radius 2 is 2.27 bits per heavy atom. The van der Waals surface area contributed by atoms with Gasteiger partial charge in [0.25, 0.3) is 5.78 Å². The highest BCUT2D eigenvalue weighted by atomic mass is 19.4. The first-order valence-electron chi connectivity index (χ1n) is 3.95. The predicted molar refractivity (Wildman–Crippen MR) is 42.3 cm³/mol. The van der Waals surface area contributed by atoms with Crippen molar-refractivity contribution in [1.82, 2.24) is 15.0 Å². The third-order valence-corrected chi connectivity index (χ3v) is 1.55. The zero-order valence-corrected chi connectivity index (χ0v) is 7.78. The van der Waals surface area contributed by atoms with Gasteiger partial charge in [-0.25, -0.2) is 4.68 Å². The highest BCUT2D eigenvalue weighted by Crippen LogP contribution is 2.19. The van der Waals surface area contributed by atoms with E-state index in [2.05, 4.69) is 15.0 Å². The van der Waals surface area contributed by atoms with E-state index in [-0.39, 0.29) is 13.2 Å². The number of alkyl halides is 3. The van der Waals surface area contributed by atoms with Crippen LogP contribution in [0.3, 0.4) is 0 Å². The van der Waals surface area contributed by atoms with Crippen molar-refractivity contribution >= 4 is 5.78 Å². The van der Waals surface area contributed by atoms with Gasteiger partial charge in [0.05, 0.1) is 19.3 Å². The van der Waals surface area contributed by atoms with E-state index >= 15 is 0 Å². The van der Waals surface area contributed by atoms with Crippen LogP contribution in [-0.2, 0) is 11.3 Å². The zero-order chi connectivity index (χ0) is 11.5. The van der Waals surface area contributed by atoms with Gasteiger partial charge >= 0.3 is 6.18 Å². The van der Waals surface area contributed by atoms with Crippen molar-refractivity contribution < 1.29 is 22.7 Å². The van der Waals surface area contributed by atoms with E-state index in [9.17, 15) is 18.0 Å². The Morgan fingerprint density at radius 3 is 2.80 bits per heavy atom. The molecule has 5 nitrogen and oxygen atoms in total. The maximum absolute atomic E-state index is 11.9. The molecule has 0 bridgehead atoms. The Hall–Kier alpha value is -1.44. The number of carbonyl (C=O) groups excluding carboxylic acids is 1. The maximum atomic E-state index is 11.9. The molecular formula is C7H8F3N3O2. The van der Waals surface area contributed by atoms with Crippen LogP contribution in [0.4, 0.5) is 13.2 Å². The molecule has 0 spiro atoms. The first-order valence-corrected chi connectivity index (χ1v) is 3.95. The van der Waals surface area contributed by atoms with Gasteiger partial charge in [0, 0.05) is 7.11 Å². The van der Waals surface area contributed by atoms with Gasteiger partial charge in [-0.05, 0) is 0 Å². The van der Waals surface area contributed by atoms with Crippen LogP contribution in [0.15, 0.2) is 6.20 Å². The van der Waals surface area contributed by atoms with E-state index in [4.69, 9.17) is 0 Å². The van der Waals surface area contributed by atoms with E-state index in [0.717, 1.165) is 10.9 Å². The van der Waals surface area contributed by atoms with Gasteiger partial charge in [-0.3, -0.25) is 4.79 Å². The zero-order valence-electron chi connectivity index (χ0n) is 7.78. The molecule has 0 saturated heterocycles. The second-order valence-electron chi connectivity index (χ2n) is 2.69. The van der Waals surface area contributed by atoms with Crippen LogP contribution in [0.1, 0.15) is 10.5 Å². The third-order valence-electron chi connectivity index (χ3n) is 1.55. The maximum Gasteiger partial charge on any atom is 0.456 e. The van der Waals surface area contributed by atoms with Crippen LogP contribution in [0.5, 0.6) is 0 Å². The van der Waals surface area contributed by atoms with E-state index < -0.39 is 17.7 Å². The minimum absolute atomic E-state index is 0.245. The Morgan fingerprint density at radius 1 is 1.60 bits per heavy atom. The standard InChI is InChI=1S/C7H8F3N3O2/c1-15-3-2-13-4-5(11-12-13)6(14)7(8,9)10/h4H,2-3H2,1H3. The van der Waals surface area contributed by atoms with Crippen LogP contribution in [-0.4, -0.2) is 40.7 Å². The van der Waals surface area contributed by atoms with Crippen molar-refractivity contribution in [2.75, 3.05) is 13.7 Å². The van der Waals surface area contributed by atoms with Crippen LogP contribution >= 0.6 is 0 Å². The second kappa shape index (κ2) is 4.39. The number of methoxy groups -OCH3 is 1.